The summed E-state index contributed by atoms with van der Waals surface area (Å²) in [4.78, 5) is 24.6. The first-order valence-corrected chi connectivity index (χ1v) is 31.1. The average molecular weight is 973 g/mol. The number of aliphatic hydroxyl groups excluding tert-OH is 2. The Morgan fingerprint density at radius 3 is 1.03 bits per heavy atom. The molecular formula is C63H121NO5. The Labute approximate surface area is 431 Å². The Morgan fingerprint density at radius 1 is 0.391 bits per heavy atom. The first-order chi connectivity index (χ1) is 34.0. The van der Waals surface area contributed by atoms with E-state index >= 15 is 0 Å². The van der Waals surface area contributed by atoms with E-state index in [2.05, 4.69) is 31.3 Å². The predicted molar refractivity (Wildman–Crippen MR) is 301 cm³/mol. The molecular weight excluding hydrogens is 851 g/mol. The molecule has 0 heterocycles. The minimum Gasteiger partial charge on any atom is -0.466 e. The third-order valence-electron chi connectivity index (χ3n) is 14.5. The highest BCUT2D eigenvalue weighted by Crippen LogP contribution is 2.18. The molecule has 0 saturated heterocycles. The molecule has 0 radical (unpaired) electrons. The number of carbonyl (C=O) groups excluding carboxylic acids is 2. The van der Waals surface area contributed by atoms with E-state index in [0.717, 1.165) is 83.5 Å². The van der Waals surface area contributed by atoms with Gasteiger partial charge in [-0.2, -0.15) is 0 Å². The summed E-state index contributed by atoms with van der Waals surface area (Å²) in [5.74, 6) is -0.121. The number of ether oxygens (including phenoxy) is 1. The molecule has 6 heteroatoms. The minimum atomic E-state index is -0.863. The number of carbonyl (C=O) groups is 2. The maximum Gasteiger partial charge on any atom is 0.305 e. The Bertz CT molecular complexity index is 1080. The molecule has 0 bridgehead atoms. The topological polar surface area (TPSA) is 95.9 Å². The van der Waals surface area contributed by atoms with Crippen LogP contribution in [0.5, 0.6) is 0 Å². The van der Waals surface area contributed by atoms with Gasteiger partial charge >= 0.3 is 5.97 Å². The van der Waals surface area contributed by atoms with Crippen molar-refractivity contribution in [3.05, 3.63) is 24.3 Å². The molecule has 0 spiro atoms. The first-order valence-electron chi connectivity index (χ1n) is 31.1. The van der Waals surface area contributed by atoms with Gasteiger partial charge < -0.3 is 20.3 Å². The van der Waals surface area contributed by atoms with E-state index in [1.807, 2.05) is 6.08 Å². The second-order valence-electron chi connectivity index (χ2n) is 21.4. The minimum absolute atomic E-state index is 0.0278. The maximum atomic E-state index is 12.5. The van der Waals surface area contributed by atoms with Crippen LogP contribution < -0.4 is 5.32 Å². The normalized spacial score (nSPS) is 12.7. The van der Waals surface area contributed by atoms with Crippen LogP contribution in [0.3, 0.4) is 0 Å². The van der Waals surface area contributed by atoms with Gasteiger partial charge in [-0.3, -0.25) is 9.59 Å². The highest BCUT2D eigenvalue weighted by molar-refractivity contribution is 5.76. The van der Waals surface area contributed by atoms with Crippen molar-refractivity contribution < 1.29 is 24.5 Å². The van der Waals surface area contributed by atoms with Gasteiger partial charge in [-0.25, -0.2) is 0 Å². The van der Waals surface area contributed by atoms with Crippen LogP contribution in [-0.4, -0.2) is 47.4 Å². The van der Waals surface area contributed by atoms with Crippen molar-refractivity contribution in [1.82, 2.24) is 5.32 Å². The zero-order valence-corrected chi connectivity index (χ0v) is 46.6. The summed E-state index contributed by atoms with van der Waals surface area (Å²) >= 11 is 0. The molecule has 0 fully saturated rings. The van der Waals surface area contributed by atoms with E-state index in [-0.39, 0.29) is 18.5 Å². The molecule has 2 atom stereocenters. The van der Waals surface area contributed by atoms with Crippen LogP contribution in [0.15, 0.2) is 24.3 Å². The van der Waals surface area contributed by atoms with Gasteiger partial charge in [-0.15, -0.1) is 0 Å². The van der Waals surface area contributed by atoms with Crippen LogP contribution in [0.2, 0.25) is 0 Å². The lowest BCUT2D eigenvalue weighted by molar-refractivity contribution is -0.143. The summed E-state index contributed by atoms with van der Waals surface area (Å²) in [5, 5.41) is 23.2. The van der Waals surface area contributed by atoms with Gasteiger partial charge in [0.2, 0.25) is 5.91 Å². The number of unbranched alkanes of at least 4 members (excludes halogenated alkanes) is 45. The molecule has 0 aliphatic rings. The summed E-state index contributed by atoms with van der Waals surface area (Å²) in [6.07, 6.45) is 72.2. The van der Waals surface area contributed by atoms with Crippen molar-refractivity contribution in [3.8, 4) is 0 Å². The van der Waals surface area contributed by atoms with E-state index in [0.29, 0.717) is 19.4 Å². The lowest BCUT2D eigenvalue weighted by atomic mass is 10.0. The molecule has 0 aliphatic carbocycles. The number of esters is 1. The van der Waals surface area contributed by atoms with Gasteiger partial charge in [0.25, 0.3) is 0 Å². The lowest BCUT2D eigenvalue weighted by Crippen LogP contribution is -2.45. The summed E-state index contributed by atoms with van der Waals surface area (Å²) in [6, 6.07) is -0.650. The molecule has 6 nitrogen and oxygen atoms in total. The van der Waals surface area contributed by atoms with E-state index in [1.165, 1.54) is 231 Å². The molecule has 69 heavy (non-hydrogen) atoms. The van der Waals surface area contributed by atoms with Gasteiger partial charge in [0, 0.05) is 12.8 Å². The standard InChI is InChI=1S/C63H121NO5/c1-3-5-7-9-11-13-15-17-19-21-23-24-25-26-27-28-30-32-35-39-43-47-51-55-61(66)60(59-65)64-62(67)56-52-48-44-40-36-34-38-42-46-50-54-58-69-63(68)57-53-49-45-41-37-33-31-29-22-20-18-16-14-12-10-8-6-4-2/h38,42,51,55,60-61,65-66H,3-37,39-41,43-50,52-54,56-59H2,1-2H3,(H,64,67)/b42-38-,55-51+. The van der Waals surface area contributed by atoms with Crippen molar-refractivity contribution in [3.63, 3.8) is 0 Å². The summed E-state index contributed by atoms with van der Waals surface area (Å²) in [7, 11) is 0. The van der Waals surface area contributed by atoms with Crippen molar-refractivity contribution >= 4 is 11.9 Å². The van der Waals surface area contributed by atoms with Crippen molar-refractivity contribution in [2.45, 2.75) is 353 Å². The Hall–Kier alpha value is -1.66. The van der Waals surface area contributed by atoms with Gasteiger partial charge in [0.15, 0.2) is 0 Å². The quantitative estimate of drug-likeness (QED) is 0.0321. The van der Waals surface area contributed by atoms with Gasteiger partial charge in [0.1, 0.15) is 0 Å². The number of amides is 1. The third-order valence-corrected chi connectivity index (χ3v) is 14.5. The fourth-order valence-corrected chi connectivity index (χ4v) is 9.69. The fraction of sp³-hybridized carbons (Fsp3) is 0.905. The first kappa shape index (κ1) is 67.3. The SMILES string of the molecule is CCCCCCCCCCCCCCCCCCCCCCC/C=C/C(O)C(CO)NC(=O)CCCCCCC/C=C\CCCCOC(=O)CCCCCCCCCCCCCCCCCCCC. The zero-order valence-electron chi connectivity index (χ0n) is 46.6. The molecule has 0 aromatic rings. The molecule has 408 valence electrons. The maximum absolute atomic E-state index is 12.5. The van der Waals surface area contributed by atoms with Gasteiger partial charge in [-0.05, 0) is 57.8 Å². The van der Waals surface area contributed by atoms with Crippen LogP contribution in [-0.2, 0) is 14.3 Å². The summed E-state index contributed by atoms with van der Waals surface area (Å²) in [6.45, 7) is 4.86. The smallest absolute Gasteiger partial charge is 0.305 e. The zero-order chi connectivity index (χ0) is 50.0. The van der Waals surface area contributed by atoms with Gasteiger partial charge in [-0.1, -0.05) is 295 Å². The number of nitrogens with one attached hydrogen (secondary N) is 1. The van der Waals surface area contributed by atoms with Crippen LogP contribution in [0.1, 0.15) is 341 Å². The predicted octanol–water partition coefficient (Wildman–Crippen LogP) is 19.4. The highest BCUT2D eigenvalue weighted by atomic mass is 16.5. The third kappa shape index (κ3) is 55.5. The number of hydrogen-bond acceptors (Lipinski definition) is 5. The second-order valence-corrected chi connectivity index (χ2v) is 21.4. The Balaban J connectivity index is 3.51. The molecule has 0 aromatic heterocycles. The summed E-state index contributed by atoms with van der Waals surface area (Å²) < 4.78 is 5.46. The molecule has 2 unspecified atom stereocenters. The lowest BCUT2D eigenvalue weighted by Gasteiger charge is -2.20. The second kappa shape index (κ2) is 58.9. The van der Waals surface area contributed by atoms with Crippen LogP contribution in [0.4, 0.5) is 0 Å². The number of allylic oxidation sites excluding steroid dienone is 3. The van der Waals surface area contributed by atoms with Crippen molar-refractivity contribution in [2.75, 3.05) is 13.2 Å². The Morgan fingerprint density at radius 2 is 0.681 bits per heavy atom. The van der Waals surface area contributed by atoms with E-state index in [4.69, 9.17) is 4.74 Å². The molecule has 0 aromatic carbocycles. The van der Waals surface area contributed by atoms with Crippen LogP contribution in [0, 0.1) is 0 Å². The van der Waals surface area contributed by atoms with E-state index in [1.54, 1.807) is 6.08 Å². The van der Waals surface area contributed by atoms with Crippen molar-refractivity contribution in [1.29, 1.82) is 0 Å². The largest absolute Gasteiger partial charge is 0.466 e. The van der Waals surface area contributed by atoms with Crippen LogP contribution >= 0.6 is 0 Å². The van der Waals surface area contributed by atoms with Crippen LogP contribution in [0.25, 0.3) is 0 Å². The Kier molecular flexibility index (Phi) is 57.5. The monoisotopic (exact) mass is 972 g/mol. The fourth-order valence-electron chi connectivity index (χ4n) is 9.69. The van der Waals surface area contributed by atoms with E-state index in [9.17, 15) is 19.8 Å². The molecule has 0 saturated carbocycles. The molecule has 0 rings (SSSR count). The molecule has 1 amide bonds. The number of hydrogen-bond donors (Lipinski definition) is 3. The van der Waals surface area contributed by atoms with Crippen molar-refractivity contribution in [2.24, 2.45) is 0 Å². The summed E-state index contributed by atoms with van der Waals surface area (Å²) in [5.41, 5.74) is 0. The van der Waals surface area contributed by atoms with E-state index < -0.39 is 12.1 Å². The molecule has 0 aliphatic heterocycles. The number of aliphatic hydroxyl groups is 2. The molecule has 3 N–H and O–H groups in total. The van der Waals surface area contributed by atoms with Gasteiger partial charge in [0.05, 0.1) is 25.4 Å². The number of rotatable bonds is 58. The average Bonchev–Trinajstić information content (AvgIpc) is 3.35. The highest BCUT2D eigenvalue weighted by Gasteiger charge is 2.18.